The number of benzene rings is 1. The number of thiol groups is 1. The third-order valence-electron chi connectivity index (χ3n) is 3.16. The monoisotopic (exact) mass is 278 g/mol. The molecule has 0 saturated carbocycles. The largest absolute Gasteiger partial charge is 0.351 e. The SMILES string of the molecule is Cc1ccc(N2CCCC2=O)c(C(=O)NCCS)c1. The highest BCUT2D eigenvalue weighted by Gasteiger charge is 2.25. The van der Waals surface area contributed by atoms with Crippen LogP contribution in [0.2, 0.25) is 0 Å². The summed E-state index contributed by atoms with van der Waals surface area (Å²) in [7, 11) is 0. The van der Waals surface area contributed by atoms with Crippen molar-refractivity contribution in [2.45, 2.75) is 19.8 Å². The molecule has 19 heavy (non-hydrogen) atoms. The van der Waals surface area contributed by atoms with Crippen molar-refractivity contribution in [1.29, 1.82) is 0 Å². The van der Waals surface area contributed by atoms with Crippen LogP contribution in [-0.2, 0) is 4.79 Å². The second kappa shape index (κ2) is 6.10. The van der Waals surface area contributed by atoms with Gasteiger partial charge in [0.25, 0.3) is 5.91 Å². The van der Waals surface area contributed by atoms with Gasteiger partial charge in [0.05, 0.1) is 11.3 Å². The average Bonchev–Trinajstić information content (AvgIpc) is 2.82. The van der Waals surface area contributed by atoms with Crippen LogP contribution in [0.1, 0.15) is 28.8 Å². The summed E-state index contributed by atoms with van der Waals surface area (Å²) >= 11 is 4.08. The summed E-state index contributed by atoms with van der Waals surface area (Å²) in [4.78, 5) is 25.7. The zero-order chi connectivity index (χ0) is 13.8. The van der Waals surface area contributed by atoms with Crippen LogP contribution in [0.15, 0.2) is 18.2 Å². The first kappa shape index (κ1) is 13.9. The molecule has 0 spiro atoms. The topological polar surface area (TPSA) is 49.4 Å². The molecule has 102 valence electrons. The lowest BCUT2D eigenvalue weighted by atomic mass is 10.1. The van der Waals surface area contributed by atoms with Gasteiger partial charge in [-0.15, -0.1) is 0 Å². The molecule has 1 heterocycles. The van der Waals surface area contributed by atoms with Crippen LogP contribution in [-0.4, -0.2) is 30.7 Å². The molecular formula is C14H18N2O2S. The van der Waals surface area contributed by atoms with Crippen molar-refractivity contribution >= 4 is 30.1 Å². The van der Waals surface area contributed by atoms with Crippen LogP contribution in [0.25, 0.3) is 0 Å². The third-order valence-corrected chi connectivity index (χ3v) is 3.38. The van der Waals surface area contributed by atoms with E-state index in [-0.39, 0.29) is 11.8 Å². The van der Waals surface area contributed by atoms with E-state index in [9.17, 15) is 9.59 Å². The van der Waals surface area contributed by atoms with Crippen LogP contribution >= 0.6 is 12.6 Å². The normalized spacial score (nSPS) is 14.8. The van der Waals surface area contributed by atoms with Crippen molar-refractivity contribution in [3.05, 3.63) is 29.3 Å². The molecule has 0 aromatic heterocycles. The van der Waals surface area contributed by atoms with Crippen molar-refractivity contribution in [3.8, 4) is 0 Å². The number of anilines is 1. The van der Waals surface area contributed by atoms with E-state index in [1.165, 1.54) is 0 Å². The summed E-state index contributed by atoms with van der Waals surface area (Å²) in [6.07, 6.45) is 1.41. The molecule has 2 amide bonds. The average molecular weight is 278 g/mol. The molecule has 1 aliphatic heterocycles. The highest BCUT2D eigenvalue weighted by molar-refractivity contribution is 7.80. The Morgan fingerprint density at radius 2 is 2.26 bits per heavy atom. The summed E-state index contributed by atoms with van der Waals surface area (Å²) in [5.74, 6) is 0.537. The Labute approximate surface area is 118 Å². The Bertz CT molecular complexity index is 502. The van der Waals surface area contributed by atoms with E-state index in [0.29, 0.717) is 36.5 Å². The number of carbonyl (C=O) groups is 2. The molecule has 0 atom stereocenters. The lowest BCUT2D eigenvalue weighted by Crippen LogP contribution is -2.30. The second-order valence-corrected chi connectivity index (χ2v) is 5.10. The highest BCUT2D eigenvalue weighted by Crippen LogP contribution is 2.26. The molecule has 1 aliphatic rings. The fourth-order valence-electron chi connectivity index (χ4n) is 2.23. The minimum atomic E-state index is -0.146. The summed E-state index contributed by atoms with van der Waals surface area (Å²) in [6.45, 7) is 3.14. The van der Waals surface area contributed by atoms with Gasteiger partial charge in [-0.25, -0.2) is 0 Å². The maximum atomic E-state index is 12.2. The Kier molecular flexibility index (Phi) is 4.47. The van der Waals surface area contributed by atoms with Crippen LogP contribution < -0.4 is 10.2 Å². The number of amides is 2. The fourth-order valence-corrected chi connectivity index (χ4v) is 2.35. The summed E-state index contributed by atoms with van der Waals surface area (Å²) < 4.78 is 0. The van der Waals surface area contributed by atoms with Crippen molar-refractivity contribution in [2.24, 2.45) is 0 Å². The predicted octanol–water partition coefficient (Wildman–Crippen LogP) is 1.78. The molecule has 0 radical (unpaired) electrons. The molecule has 1 N–H and O–H groups in total. The zero-order valence-corrected chi connectivity index (χ0v) is 11.9. The van der Waals surface area contributed by atoms with Crippen molar-refractivity contribution in [2.75, 3.05) is 23.7 Å². The van der Waals surface area contributed by atoms with E-state index in [4.69, 9.17) is 0 Å². The van der Waals surface area contributed by atoms with Crippen LogP contribution in [0.4, 0.5) is 5.69 Å². The number of hydrogen-bond acceptors (Lipinski definition) is 3. The van der Waals surface area contributed by atoms with Gasteiger partial charge < -0.3 is 10.2 Å². The van der Waals surface area contributed by atoms with Gasteiger partial charge in [0, 0.05) is 25.3 Å². The first-order valence-electron chi connectivity index (χ1n) is 6.43. The van der Waals surface area contributed by atoms with E-state index < -0.39 is 0 Å². The van der Waals surface area contributed by atoms with Gasteiger partial charge in [0.2, 0.25) is 5.91 Å². The molecule has 0 aliphatic carbocycles. The van der Waals surface area contributed by atoms with Gasteiger partial charge in [-0.2, -0.15) is 12.6 Å². The Morgan fingerprint density at radius 3 is 2.89 bits per heavy atom. The zero-order valence-electron chi connectivity index (χ0n) is 11.0. The van der Waals surface area contributed by atoms with E-state index in [1.807, 2.05) is 25.1 Å². The van der Waals surface area contributed by atoms with Gasteiger partial charge in [-0.05, 0) is 25.5 Å². The van der Waals surface area contributed by atoms with Crippen molar-refractivity contribution in [3.63, 3.8) is 0 Å². The van der Waals surface area contributed by atoms with Gasteiger partial charge in [-0.3, -0.25) is 9.59 Å². The predicted molar refractivity (Wildman–Crippen MR) is 79.0 cm³/mol. The first-order chi connectivity index (χ1) is 9.13. The molecule has 1 aromatic carbocycles. The van der Waals surface area contributed by atoms with Crippen LogP contribution in [0, 0.1) is 6.92 Å². The summed E-state index contributed by atoms with van der Waals surface area (Å²) in [5, 5.41) is 2.80. The third kappa shape index (κ3) is 3.10. The maximum Gasteiger partial charge on any atom is 0.253 e. The number of nitrogens with one attached hydrogen (secondary N) is 1. The minimum Gasteiger partial charge on any atom is -0.351 e. The molecule has 0 unspecified atom stereocenters. The number of nitrogens with zero attached hydrogens (tertiary/aromatic N) is 1. The van der Waals surface area contributed by atoms with Gasteiger partial charge in [0.15, 0.2) is 0 Å². The first-order valence-corrected chi connectivity index (χ1v) is 7.07. The maximum absolute atomic E-state index is 12.2. The Hall–Kier alpha value is -1.49. The van der Waals surface area contributed by atoms with E-state index >= 15 is 0 Å². The van der Waals surface area contributed by atoms with Gasteiger partial charge >= 0.3 is 0 Å². The smallest absolute Gasteiger partial charge is 0.253 e. The summed E-state index contributed by atoms with van der Waals surface area (Å²) in [6, 6.07) is 5.61. The van der Waals surface area contributed by atoms with Crippen LogP contribution in [0.5, 0.6) is 0 Å². The Balaban J connectivity index is 2.32. The molecule has 1 aromatic rings. The number of carbonyl (C=O) groups excluding carboxylic acids is 2. The lowest BCUT2D eigenvalue weighted by molar-refractivity contribution is -0.117. The number of hydrogen-bond donors (Lipinski definition) is 2. The molecule has 5 heteroatoms. The van der Waals surface area contributed by atoms with Crippen LogP contribution in [0.3, 0.4) is 0 Å². The van der Waals surface area contributed by atoms with E-state index in [1.54, 1.807) is 4.90 Å². The molecule has 1 fully saturated rings. The van der Waals surface area contributed by atoms with Gasteiger partial charge in [0.1, 0.15) is 0 Å². The minimum absolute atomic E-state index is 0.0899. The molecule has 2 rings (SSSR count). The quantitative estimate of drug-likeness (QED) is 0.825. The molecule has 1 saturated heterocycles. The van der Waals surface area contributed by atoms with E-state index in [2.05, 4.69) is 17.9 Å². The van der Waals surface area contributed by atoms with E-state index in [0.717, 1.165) is 12.0 Å². The highest BCUT2D eigenvalue weighted by atomic mass is 32.1. The molecule has 4 nitrogen and oxygen atoms in total. The molecular weight excluding hydrogens is 260 g/mol. The van der Waals surface area contributed by atoms with Crippen molar-refractivity contribution in [1.82, 2.24) is 5.32 Å². The molecule has 0 bridgehead atoms. The van der Waals surface area contributed by atoms with Crippen molar-refractivity contribution < 1.29 is 9.59 Å². The standard InChI is InChI=1S/C14H18N2O2S/c1-10-4-5-12(16-7-2-3-13(16)17)11(9-10)14(18)15-6-8-19/h4-5,9,19H,2-3,6-8H2,1H3,(H,15,18). The van der Waals surface area contributed by atoms with Gasteiger partial charge in [-0.1, -0.05) is 11.6 Å². The summed E-state index contributed by atoms with van der Waals surface area (Å²) in [5.41, 5.74) is 2.29. The Morgan fingerprint density at radius 1 is 1.47 bits per heavy atom. The number of rotatable bonds is 4. The lowest BCUT2D eigenvalue weighted by Gasteiger charge is -2.19. The fraction of sp³-hybridized carbons (Fsp3) is 0.429. The number of aryl methyl sites for hydroxylation is 1. The second-order valence-electron chi connectivity index (χ2n) is 4.65.